The average molecular weight is 435 g/mol. The molecule has 0 saturated carbocycles. The molecule has 0 bridgehead atoms. The Hall–Kier alpha value is -1.44. The summed E-state index contributed by atoms with van der Waals surface area (Å²) in [6.45, 7) is 8.52. The molecule has 4 rings (SSSR count). The van der Waals surface area contributed by atoms with Crippen molar-refractivity contribution < 1.29 is 5.11 Å². The Morgan fingerprint density at radius 1 is 1.19 bits per heavy atom. The van der Waals surface area contributed by atoms with Gasteiger partial charge in [-0.1, -0.05) is 53.2 Å². The first-order chi connectivity index (χ1) is 12.4. The molecular formula is C19H23BrN4OS. The van der Waals surface area contributed by atoms with E-state index < -0.39 is 0 Å². The molecule has 0 unspecified atom stereocenters. The average Bonchev–Trinajstić information content (AvgIpc) is 3.07. The number of likely N-dealkylation sites (tertiary alicyclic amines) is 1. The van der Waals surface area contributed by atoms with E-state index in [4.69, 9.17) is 0 Å². The topological polar surface area (TPSA) is 53.7 Å². The zero-order valence-electron chi connectivity index (χ0n) is 15.2. The van der Waals surface area contributed by atoms with Crippen molar-refractivity contribution in [1.82, 2.24) is 19.5 Å². The lowest BCUT2D eigenvalue weighted by atomic mass is 9.89. The summed E-state index contributed by atoms with van der Waals surface area (Å²) in [5, 5.41) is 15.2. The van der Waals surface area contributed by atoms with Gasteiger partial charge in [-0.05, 0) is 42.9 Å². The molecule has 1 fully saturated rings. The number of thiazole rings is 1. The van der Waals surface area contributed by atoms with Gasteiger partial charge in [-0.3, -0.25) is 4.90 Å². The van der Waals surface area contributed by atoms with E-state index in [0.717, 1.165) is 27.4 Å². The van der Waals surface area contributed by atoms with Gasteiger partial charge in [0, 0.05) is 17.6 Å². The van der Waals surface area contributed by atoms with Gasteiger partial charge >= 0.3 is 0 Å². The second kappa shape index (κ2) is 6.94. The molecule has 0 spiro atoms. The molecule has 3 aromatic rings. The molecule has 1 saturated heterocycles. The van der Waals surface area contributed by atoms with E-state index in [0.29, 0.717) is 17.7 Å². The van der Waals surface area contributed by atoms with E-state index in [1.54, 1.807) is 4.52 Å². The van der Waals surface area contributed by atoms with Crippen LogP contribution in [0.25, 0.3) is 4.96 Å². The van der Waals surface area contributed by atoms with Crippen LogP contribution in [0.4, 0.5) is 0 Å². The van der Waals surface area contributed by atoms with Gasteiger partial charge < -0.3 is 5.11 Å². The third-order valence-corrected chi connectivity index (χ3v) is 6.60. The SMILES string of the molecule is Cc1nc2sc([C@@H](c3ccc(Br)cc3)N3C[C@@H](C)C[C@H](C)C3)c(O)n2n1. The van der Waals surface area contributed by atoms with Crippen LogP contribution in [0.15, 0.2) is 28.7 Å². The minimum Gasteiger partial charge on any atom is -0.492 e. The molecule has 7 heteroatoms. The summed E-state index contributed by atoms with van der Waals surface area (Å²) in [5.74, 6) is 2.18. The van der Waals surface area contributed by atoms with Gasteiger partial charge in [-0.2, -0.15) is 4.52 Å². The Morgan fingerprint density at radius 2 is 1.85 bits per heavy atom. The molecule has 138 valence electrons. The van der Waals surface area contributed by atoms with Crippen molar-refractivity contribution in [2.75, 3.05) is 13.1 Å². The fraction of sp³-hybridized carbons (Fsp3) is 0.474. The minimum absolute atomic E-state index is 0.0158. The predicted molar refractivity (Wildman–Crippen MR) is 108 cm³/mol. The number of hydrogen-bond donors (Lipinski definition) is 1. The molecule has 0 amide bonds. The third kappa shape index (κ3) is 3.28. The van der Waals surface area contributed by atoms with E-state index in [9.17, 15) is 5.11 Å². The van der Waals surface area contributed by atoms with E-state index in [1.807, 2.05) is 6.92 Å². The van der Waals surface area contributed by atoms with E-state index in [-0.39, 0.29) is 11.9 Å². The van der Waals surface area contributed by atoms with Gasteiger partial charge in [0.25, 0.3) is 0 Å². The number of fused-ring (bicyclic) bond motifs is 1. The first-order valence-electron chi connectivity index (χ1n) is 8.97. The summed E-state index contributed by atoms with van der Waals surface area (Å²) < 4.78 is 2.63. The largest absolute Gasteiger partial charge is 0.492 e. The number of aromatic hydroxyl groups is 1. The normalized spacial score (nSPS) is 22.8. The Morgan fingerprint density at radius 3 is 2.46 bits per heavy atom. The maximum atomic E-state index is 10.9. The maximum absolute atomic E-state index is 10.9. The Balaban J connectivity index is 1.82. The zero-order chi connectivity index (χ0) is 18.4. The molecular weight excluding hydrogens is 412 g/mol. The monoisotopic (exact) mass is 434 g/mol. The van der Waals surface area contributed by atoms with Crippen LogP contribution in [0.2, 0.25) is 0 Å². The lowest BCUT2D eigenvalue weighted by Crippen LogP contribution is -2.41. The number of benzene rings is 1. The van der Waals surface area contributed by atoms with Crippen LogP contribution in [-0.4, -0.2) is 37.7 Å². The van der Waals surface area contributed by atoms with Crippen LogP contribution >= 0.6 is 27.3 Å². The molecule has 3 heterocycles. The Bertz CT molecular complexity index is 910. The smallest absolute Gasteiger partial charge is 0.230 e. The molecule has 2 aromatic heterocycles. The number of aromatic nitrogens is 3. The summed E-state index contributed by atoms with van der Waals surface area (Å²) in [7, 11) is 0. The lowest BCUT2D eigenvalue weighted by molar-refractivity contribution is 0.112. The molecule has 5 nitrogen and oxygen atoms in total. The molecule has 3 atom stereocenters. The van der Waals surface area contributed by atoms with Crippen molar-refractivity contribution >= 4 is 32.2 Å². The van der Waals surface area contributed by atoms with E-state index >= 15 is 0 Å². The van der Waals surface area contributed by atoms with E-state index in [1.165, 1.54) is 23.3 Å². The molecule has 0 aliphatic carbocycles. The van der Waals surface area contributed by atoms with Gasteiger partial charge in [-0.15, -0.1) is 5.10 Å². The quantitative estimate of drug-likeness (QED) is 0.652. The lowest BCUT2D eigenvalue weighted by Gasteiger charge is -2.40. The number of halogens is 1. The van der Waals surface area contributed by atoms with Crippen molar-refractivity contribution in [2.45, 2.75) is 33.2 Å². The fourth-order valence-corrected chi connectivity index (χ4v) is 5.55. The number of rotatable bonds is 3. The summed E-state index contributed by atoms with van der Waals surface area (Å²) in [4.78, 5) is 8.61. The second-order valence-corrected chi connectivity index (χ2v) is 9.42. The number of piperidine rings is 1. The molecule has 1 aliphatic heterocycles. The van der Waals surface area contributed by atoms with Crippen LogP contribution in [0.1, 0.15) is 42.6 Å². The van der Waals surface area contributed by atoms with Crippen molar-refractivity contribution in [2.24, 2.45) is 11.8 Å². The van der Waals surface area contributed by atoms with Crippen molar-refractivity contribution in [3.63, 3.8) is 0 Å². The highest BCUT2D eigenvalue weighted by Gasteiger charge is 2.33. The highest BCUT2D eigenvalue weighted by Crippen LogP contribution is 2.42. The number of nitrogens with zero attached hydrogens (tertiary/aromatic N) is 4. The molecule has 1 aromatic carbocycles. The third-order valence-electron chi connectivity index (χ3n) is 5.00. The van der Waals surface area contributed by atoms with Crippen LogP contribution in [0.3, 0.4) is 0 Å². The van der Waals surface area contributed by atoms with Gasteiger partial charge in [0.2, 0.25) is 10.8 Å². The summed E-state index contributed by atoms with van der Waals surface area (Å²) in [6, 6.07) is 8.43. The molecule has 0 radical (unpaired) electrons. The summed E-state index contributed by atoms with van der Waals surface area (Å²) in [5.41, 5.74) is 1.19. The van der Waals surface area contributed by atoms with Gasteiger partial charge in [0.1, 0.15) is 5.82 Å². The number of hydrogen-bond acceptors (Lipinski definition) is 5. The van der Waals surface area contributed by atoms with Crippen LogP contribution in [0.5, 0.6) is 5.88 Å². The van der Waals surface area contributed by atoms with E-state index in [2.05, 4.69) is 69.0 Å². The Kier molecular flexibility index (Phi) is 4.79. The fourth-order valence-electron chi connectivity index (χ4n) is 4.12. The minimum atomic E-state index is 0.0158. The number of aryl methyl sites for hydroxylation is 1. The first kappa shape index (κ1) is 17.9. The van der Waals surface area contributed by atoms with Crippen LogP contribution in [-0.2, 0) is 0 Å². The predicted octanol–water partition coefficient (Wildman–Crippen LogP) is 4.63. The summed E-state index contributed by atoms with van der Waals surface area (Å²) >= 11 is 5.06. The standard InChI is InChI=1S/C19H23BrN4OS/c1-11-8-12(2)10-23(9-11)16(14-4-6-15(20)7-5-14)17-18(25)24-19(26-17)21-13(3)22-24/h4-7,11-12,16,25H,8-10H2,1-3H3/t11-,12-,16+/m0/s1. The first-order valence-corrected chi connectivity index (χ1v) is 10.6. The van der Waals surface area contributed by atoms with Crippen molar-refractivity contribution in [1.29, 1.82) is 0 Å². The van der Waals surface area contributed by atoms with Gasteiger partial charge in [0.05, 0.1) is 10.9 Å². The van der Waals surface area contributed by atoms with Crippen LogP contribution in [0, 0.1) is 18.8 Å². The highest BCUT2D eigenvalue weighted by atomic mass is 79.9. The van der Waals surface area contributed by atoms with Crippen LogP contribution < -0.4 is 0 Å². The zero-order valence-corrected chi connectivity index (χ0v) is 17.6. The van der Waals surface area contributed by atoms with Gasteiger partial charge in [-0.25, -0.2) is 4.98 Å². The molecule has 1 aliphatic rings. The summed E-state index contributed by atoms with van der Waals surface area (Å²) in [6.07, 6.45) is 1.25. The van der Waals surface area contributed by atoms with Crippen molar-refractivity contribution in [3.05, 3.63) is 45.0 Å². The van der Waals surface area contributed by atoms with Gasteiger partial charge in [0.15, 0.2) is 0 Å². The Labute approximate surface area is 165 Å². The molecule has 1 N–H and O–H groups in total. The van der Waals surface area contributed by atoms with Crippen molar-refractivity contribution in [3.8, 4) is 5.88 Å². The maximum Gasteiger partial charge on any atom is 0.230 e. The molecule has 26 heavy (non-hydrogen) atoms. The second-order valence-electron chi connectivity index (χ2n) is 7.50. The highest BCUT2D eigenvalue weighted by molar-refractivity contribution is 9.10.